The number of unbranched alkanes of at least 4 members (excludes halogenated alkanes) is 44. The first-order valence-electron chi connectivity index (χ1n) is 31.8. The highest BCUT2D eigenvalue weighted by molar-refractivity contribution is 5.71. The van der Waals surface area contributed by atoms with Gasteiger partial charge in [0.15, 0.2) is 6.10 Å². The van der Waals surface area contributed by atoms with Crippen LogP contribution in [-0.2, 0) is 28.6 Å². The number of hydrogen-bond acceptors (Lipinski definition) is 6. The maximum absolute atomic E-state index is 12.9. The summed E-state index contributed by atoms with van der Waals surface area (Å²) in [6, 6.07) is 0. The molecule has 0 aromatic rings. The molecule has 0 saturated carbocycles. The zero-order valence-electron chi connectivity index (χ0n) is 48.0. The van der Waals surface area contributed by atoms with Crippen LogP contribution >= 0.6 is 0 Å². The Morgan fingerprint density at radius 3 is 0.704 bits per heavy atom. The predicted octanol–water partition coefficient (Wildman–Crippen LogP) is 21.4. The van der Waals surface area contributed by atoms with Crippen LogP contribution in [0.3, 0.4) is 0 Å². The van der Waals surface area contributed by atoms with Crippen molar-refractivity contribution in [2.75, 3.05) is 13.2 Å². The van der Waals surface area contributed by atoms with Crippen LogP contribution in [-0.4, -0.2) is 37.2 Å². The largest absolute Gasteiger partial charge is 0.462 e. The van der Waals surface area contributed by atoms with E-state index < -0.39 is 6.10 Å². The van der Waals surface area contributed by atoms with Gasteiger partial charge in [0.25, 0.3) is 0 Å². The molecular formula is C65H122O6. The van der Waals surface area contributed by atoms with E-state index >= 15 is 0 Å². The number of rotatable bonds is 59. The molecular weight excluding hydrogens is 877 g/mol. The molecule has 0 aromatic heterocycles. The molecule has 71 heavy (non-hydrogen) atoms. The van der Waals surface area contributed by atoms with Crippen molar-refractivity contribution in [1.82, 2.24) is 0 Å². The van der Waals surface area contributed by atoms with Crippen LogP contribution in [0.1, 0.15) is 355 Å². The molecule has 418 valence electrons. The molecule has 0 fully saturated rings. The maximum atomic E-state index is 12.9. The van der Waals surface area contributed by atoms with Gasteiger partial charge in [0.2, 0.25) is 0 Å². The van der Waals surface area contributed by atoms with Crippen LogP contribution in [0.2, 0.25) is 0 Å². The lowest BCUT2D eigenvalue weighted by Gasteiger charge is -2.18. The van der Waals surface area contributed by atoms with E-state index in [9.17, 15) is 14.4 Å². The first-order chi connectivity index (χ1) is 35.0. The number of carbonyl (C=O) groups is 3. The Morgan fingerprint density at radius 1 is 0.268 bits per heavy atom. The van der Waals surface area contributed by atoms with Gasteiger partial charge in [-0.1, -0.05) is 289 Å². The van der Waals surface area contributed by atoms with Crippen molar-refractivity contribution in [3.8, 4) is 0 Å². The normalized spacial score (nSPS) is 12.1. The number of carbonyl (C=O) groups excluding carboxylic acids is 3. The smallest absolute Gasteiger partial charge is 0.306 e. The van der Waals surface area contributed by atoms with Crippen molar-refractivity contribution >= 4 is 17.9 Å². The molecule has 0 radical (unpaired) electrons. The summed E-state index contributed by atoms with van der Waals surface area (Å²) in [6.45, 7) is 6.67. The average molecular weight is 1000 g/mol. The third kappa shape index (κ3) is 58.7. The Labute approximate surface area is 443 Å². The summed E-state index contributed by atoms with van der Waals surface area (Å²) in [4.78, 5) is 38.1. The third-order valence-electron chi connectivity index (χ3n) is 14.4. The van der Waals surface area contributed by atoms with Crippen LogP contribution < -0.4 is 0 Å². The van der Waals surface area contributed by atoms with Crippen LogP contribution in [0.15, 0.2) is 24.3 Å². The van der Waals surface area contributed by atoms with E-state index in [1.807, 2.05) is 0 Å². The zero-order valence-corrected chi connectivity index (χ0v) is 48.0. The van der Waals surface area contributed by atoms with Crippen LogP contribution in [0.5, 0.6) is 0 Å². The molecule has 1 atom stereocenters. The minimum Gasteiger partial charge on any atom is -0.462 e. The second-order valence-electron chi connectivity index (χ2n) is 21.7. The van der Waals surface area contributed by atoms with Crippen molar-refractivity contribution in [2.24, 2.45) is 0 Å². The van der Waals surface area contributed by atoms with Crippen molar-refractivity contribution in [2.45, 2.75) is 361 Å². The summed E-state index contributed by atoms with van der Waals surface area (Å²) < 4.78 is 16.9. The van der Waals surface area contributed by atoms with Gasteiger partial charge < -0.3 is 14.2 Å². The molecule has 0 aliphatic carbocycles. The molecule has 0 spiro atoms. The Balaban J connectivity index is 4.12. The van der Waals surface area contributed by atoms with Gasteiger partial charge in [-0.3, -0.25) is 14.4 Å². The predicted molar refractivity (Wildman–Crippen MR) is 307 cm³/mol. The van der Waals surface area contributed by atoms with Crippen molar-refractivity contribution in [3.63, 3.8) is 0 Å². The van der Waals surface area contributed by atoms with Gasteiger partial charge in [0.05, 0.1) is 0 Å². The SMILES string of the molecule is CCCCCCCC/C=C\CCCCCCCCCC(=O)OC(COC(=O)CCCCCCCCCCC)COC(=O)CCCCCCCCCCCCCCCCC/C=C\CCCCCCCCCC. The van der Waals surface area contributed by atoms with Crippen LogP contribution in [0.4, 0.5) is 0 Å². The number of hydrogen-bond donors (Lipinski definition) is 0. The summed E-state index contributed by atoms with van der Waals surface area (Å²) in [7, 11) is 0. The molecule has 0 rings (SSSR count). The topological polar surface area (TPSA) is 78.9 Å². The van der Waals surface area contributed by atoms with E-state index in [-0.39, 0.29) is 31.1 Å². The van der Waals surface area contributed by atoms with Gasteiger partial charge in [0.1, 0.15) is 13.2 Å². The van der Waals surface area contributed by atoms with Crippen molar-refractivity contribution in [1.29, 1.82) is 0 Å². The summed E-state index contributed by atoms with van der Waals surface area (Å²) >= 11 is 0. The van der Waals surface area contributed by atoms with E-state index in [4.69, 9.17) is 14.2 Å². The Kier molecular flexibility index (Phi) is 58.6. The standard InChI is InChI=1S/C65H122O6/c1-4-7-10-13-16-19-21-23-25-27-28-29-30-31-32-33-34-35-36-38-39-41-43-46-49-52-55-58-64(67)70-61-62(60-69-63(66)57-54-51-48-45-18-15-12-9-6-3)71-65(68)59-56-53-50-47-44-42-40-37-26-24-22-20-17-14-11-8-5-2/h24,26-28,62H,4-23,25,29-61H2,1-3H3/b26-24-,28-27-. The second-order valence-corrected chi connectivity index (χ2v) is 21.7. The molecule has 0 aliphatic rings. The summed E-state index contributed by atoms with van der Waals surface area (Å²) in [5, 5.41) is 0. The zero-order chi connectivity index (χ0) is 51.4. The van der Waals surface area contributed by atoms with E-state index in [2.05, 4.69) is 45.1 Å². The summed E-state index contributed by atoms with van der Waals surface area (Å²) in [5.74, 6) is -0.853. The molecule has 6 nitrogen and oxygen atoms in total. The molecule has 0 N–H and O–H groups in total. The summed E-state index contributed by atoms with van der Waals surface area (Å²) in [6.07, 6.45) is 72.0. The van der Waals surface area contributed by atoms with E-state index in [1.165, 1.54) is 257 Å². The monoisotopic (exact) mass is 999 g/mol. The van der Waals surface area contributed by atoms with E-state index in [1.54, 1.807) is 0 Å². The average Bonchev–Trinajstić information content (AvgIpc) is 3.37. The molecule has 1 unspecified atom stereocenters. The lowest BCUT2D eigenvalue weighted by molar-refractivity contribution is -0.167. The van der Waals surface area contributed by atoms with Crippen molar-refractivity contribution in [3.05, 3.63) is 24.3 Å². The molecule has 0 heterocycles. The lowest BCUT2D eigenvalue weighted by atomic mass is 10.0. The van der Waals surface area contributed by atoms with Gasteiger partial charge in [-0.05, 0) is 70.6 Å². The van der Waals surface area contributed by atoms with Gasteiger partial charge in [-0.2, -0.15) is 0 Å². The molecule has 6 heteroatoms. The third-order valence-corrected chi connectivity index (χ3v) is 14.4. The minimum absolute atomic E-state index is 0.0680. The maximum Gasteiger partial charge on any atom is 0.306 e. The molecule has 0 bridgehead atoms. The fourth-order valence-electron chi connectivity index (χ4n) is 9.61. The van der Waals surface area contributed by atoms with Gasteiger partial charge in [-0.25, -0.2) is 0 Å². The first-order valence-corrected chi connectivity index (χ1v) is 31.8. The Bertz CT molecular complexity index is 1150. The fourth-order valence-corrected chi connectivity index (χ4v) is 9.61. The van der Waals surface area contributed by atoms with E-state index in [0.717, 1.165) is 57.8 Å². The van der Waals surface area contributed by atoms with Gasteiger partial charge in [-0.15, -0.1) is 0 Å². The highest BCUT2D eigenvalue weighted by atomic mass is 16.6. The molecule has 0 saturated heterocycles. The molecule has 0 amide bonds. The lowest BCUT2D eigenvalue weighted by Crippen LogP contribution is -2.30. The second kappa shape index (κ2) is 60.4. The first kappa shape index (κ1) is 68.9. The number of ether oxygens (including phenoxy) is 3. The molecule has 0 aliphatic heterocycles. The summed E-state index contributed by atoms with van der Waals surface area (Å²) in [5.41, 5.74) is 0. The van der Waals surface area contributed by atoms with Gasteiger partial charge >= 0.3 is 17.9 Å². The van der Waals surface area contributed by atoms with Crippen LogP contribution in [0, 0.1) is 0 Å². The quantitative estimate of drug-likeness (QED) is 0.0261. The number of allylic oxidation sites excluding steroid dienone is 4. The minimum atomic E-state index is -0.769. The van der Waals surface area contributed by atoms with Gasteiger partial charge in [0, 0.05) is 19.3 Å². The fraction of sp³-hybridized carbons (Fsp3) is 0.892. The highest BCUT2D eigenvalue weighted by Gasteiger charge is 2.19. The Hall–Kier alpha value is -2.11. The van der Waals surface area contributed by atoms with Crippen molar-refractivity contribution < 1.29 is 28.6 Å². The Morgan fingerprint density at radius 2 is 0.465 bits per heavy atom. The molecule has 0 aromatic carbocycles. The highest BCUT2D eigenvalue weighted by Crippen LogP contribution is 2.17. The number of esters is 3. The van der Waals surface area contributed by atoms with E-state index in [0.29, 0.717) is 19.3 Å². The van der Waals surface area contributed by atoms with Crippen LogP contribution in [0.25, 0.3) is 0 Å².